The Balaban J connectivity index is 0. The fraction of sp³-hybridized carbons (Fsp3) is 1.00. The van der Waals surface area contributed by atoms with E-state index in [1.54, 1.807) is 0 Å². The minimum absolute atomic E-state index is 0. The summed E-state index contributed by atoms with van der Waals surface area (Å²) < 4.78 is 0. The first-order valence-corrected chi connectivity index (χ1v) is 1.32. The van der Waals surface area contributed by atoms with Gasteiger partial charge in [0, 0.05) is 13.1 Å². The van der Waals surface area contributed by atoms with Crippen LogP contribution in [0, 0.1) is 0 Å². The molecule has 0 amide bonds. The van der Waals surface area contributed by atoms with Gasteiger partial charge in [0.15, 0.2) is 0 Å². The molecule has 2 nitrogen and oxygen atoms in total. The monoisotopic (exact) mass is 112 g/mol. The normalized spacial score (nSPS) is 6.00. The summed E-state index contributed by atoms with van der Waals surface area (Å²) >= 11 is 0. The van der Waals surface area contributed by atoms with Gasteiger partial charge in [0.2, 0.25) is 0 Å². The number of nitrogens with two attached hydrogens (primary N) is 2. The molecule has 0 spiro atoms. The summed E-state index contributed by atoms with van der Waals surface area (Å²) in [7, 11) is 0. The molecule has 0 fully saturated rings. The van der Waals surface area contributed by atoms with E-state index in [-0.39, 0.29) is 17.4 Å². The Hall–Kier alpha value is 0.452. The van der Waals surface area contributed by atoms with E-state index >= 15 is 0 Å². The summed E-state index contributed by atoms with van der Waals surface area (Å²) in [6.45, 7) is 1.19. The second kappa shape index (κ2) is 8.82. The second-order valence-electron chi connectivity index (χ2n) is 0.577. The first-order valence-electron chi connectivity index (χ1n) is 1.32. The minimum Gasteiger partial charge on any atom is -0.329 e. The van der Waals surface area contributed by atoms with Crippen LogP contribution >= 0.6 is 0 Å². The zero-order valence-corrected chi connectivity index (χ0v) is 4.25. The summed E-state index contributed by atoms with van der Waals surface area (Å²) in [5, 5.41) is 0. The smallest absolute Gasteiger partial charge is 0.329 e. The molecule has 4 N–H and O–H groups in total. The Kier molecular flexibility index (Phi) is 16.0. The third-order valence-corrected chi connectivity index (χ3v) is 0.167. The molecule has 0 atom stereocenters. The van der Waals surface area contributed by atoms with Gasteiger partial charge >= 0.3 is 17.4 Å². The summed E-state index contributed by atoms with van der Waals surface area (Å²) in [6.07, 6.45) is 0. The third kappa shape index (κ3) is 12.7. The van der Waals surface area contributed by atoms with Crippen molar-refractivity contribution >= 4 is 0 Å². The van der Waals surface area contributed by atoms with Gasteiger partial charge in [0.1, 0.15) is 0 Å². The Bertz CT molecular complexity index is 9.61. The van der Waals surface area contributed by atoms with Gasteiger partial charge in [-0.05, 0) is 0 Å². The molecule has 0 saturated heterocycles. The Morgan fingerprint density at radius 1 is 1.00 bits per heavy atom. The van der Waals surface area contributed by atoms with Crippen LogP contribution in [0.15, 0.2) is 0 Å². The van der Waals surface area contributed by atoms with Crippen LogP contribution in [0.3, 0.4) is 0 Å². The first-order chi connectivity index (χ1) is 1.91. The fourth-order valence-corrected chi connectivity index (χ4v) is 0. The van der Waals surface area contributed by atoms with E-state index < -0.39 is 0 Å². The molecule has 30 valence electrons. The van der Waals surface area contributed by atoms with Gasteiger partial charge in [0.25, 0.3) is 0 Å². The summed E-state index contributed by atoms with van der Waals surface area (Å²) in [5.74, 6) is 0. The molecule has 0 aromatic heterocycles. The van der Waals surface area contributed by atoms with Crippen molar-refractivity contribution in [1.82, 2.24) is 0 Å². The van der Waals surface area contributed by atoms with Crippen molar-refractivity contribution in [3.8, 4) is 0 Å². The molecule has 0 aromatic rings. The van der Waals surface area contributed by atoms with Crippen molar-refractivity contribution in [1.29, 1.82) is 0 Å². The predicted octanol–water partition coefficient (Wildman–Crippen LogP) is -1.10. The second-order valence-corrected chi connectivity index (χ2v) is 0.577. The van der Waals surface area contributed by atoms with Gasteiger partial charge in [-0.1, -0.05) is 0 Å². The maximum absolute atomic E-state index is 4.90. The fourth-order valence-electron chi connectivity index (χ4n) is 0. The van der Waals surface area contributed by atoms with E-state index in [9.17, 15) is 0 Å². The predicted molar refractivity (Wildman–Crippen MR) is 18.1 cm³/mol. The van der Waals surface area contributed by atoms with Crippen molar-refractivity contribution in [3.05, 3.63) is 0 Å². The van der Waals surface area contributed by atoms with Crippen molar-refractivity contribution in [3.63, 3.8) is 0 Å². The third-order valence-electron chi connectivity index (χ3n) is 0.167. The quantitative estimate of drug-likeness (QED) is 0.452. The largest absolute Gasteiger partial charge is 2.00 e. The van der Waals surface area contributed by atoms with Crippen LogP contribution in [0.25, 0.3) is 0 Å². The van der Waals surface area contributed by atoms with Crippen LogP contribution in [-0.4, -0.2) is 13.1 Å². The van der Waals surface area contributed by atoms with E-state index in [1.807, 2.05) is 0 Å². The van der Waals surface area contributed by atoms with Gasteiger partial charge in [-0.15, -0.1) is 0 Å². The van der Waals surface area contributed by atoms with Gasteiger partial charge in [-0.25, -0.2) is 0 Å². The van der Waals surface area contributed by atoms with Crippen molar-refractivity contribution < 1.29 is 17.4 Å². The summed E-state index contributed by atoms with van der Waals surface area (Å²) in [5.41, 5.74) is 9.81. The zero-order valence-electron chi connectivity index (χ0n) is 2.98. The Labute approximate surface area is 42.7 Å². The molecule has 0 bridgehead atoms. The first kappa shape index (κ1) is 9.07. The van der Waals surface area contributed by atoms with Gasteiger partial charge in [-0.2, -0.15) is 0 Å². The van der Waals surface area contributed by atoms with Crippen LogP contribution in [-0.2, 0) is 17.4 Å². The number of hydrogen-bond acceptors (Lipinski definition) is 2. The standard InChI is InChI=1S/C2H8N2.Cr/c3-1-2-4;/h1-4H2;/q;+2. The molecule has 5 heavy (non-hydrogen) atoms. The van der Waals surface area contributed by atoms with Crippen LogP contribution in [0.1, 0.15) is 0 Å². The molecule has 0 saturated carbocycles. The van der Waals surface area contributed by atoms with E-state index in [0.29, 0.717) is 13.1 Å². The van der Waals surface area contributed by atoms with Crippen molar-refractivity contribution in [2.24, 2.45) is 11.5 Å². The van der Waals surface area contributed by atoms with Crippen LogP contribution < -0.4 is 11.5 Å². The van der Waals surface area contributed by atoms with Gasteiger partial charge in [-0.3, -0.25) is 0 Å². The maximum atomic E-state index is 4.90. The Morgan fingerprint density at radius 2 is 1.20 bits per heavy atom. The van der Waals surface area contributed by atoms with E-state index in [1.165, 1.54) is 0 Å². The topological polar surface area (TPSA) is 52.0 Å². The molecule has 0 aromatic carbocycles. The molecule has 0 aliphatic rings. The molecule has 0 aliphatic heterocycles. The molecular weight excluding hydrogens is 104 g/mol. The number of hydrogen-bond donors (Lipinski definition) is 2. The van der Waals surface area contributed by atoms with Crippen LogP contribution in [0.4, 0.5) is 0 Å². The van der Waals surface area contributed by atoms with Crippen molar-refractivity contribution in [2.45, 2.75) is 0 Å². The molecular formula is C2H8CrN2+2. The van der Waals surface area contributed by atoms with Gasteiger partial charge in [0.05, 0.1) is 0 Å². The zero-order chi connectivity index (χ0) is 3.41. The van der Waals surface area contributed by atoms with Gasteiger partial charge < -0.3 is 11.5 Å². The van der Waals surface area contributed by atoms with E-state index in [4.69, 9.17) is 11.5 Å². The number of rotatable bonds is 1. The van der Waals surface area contributed by atoms with Crippen LogP contribution in [0.2, 0.25) is 0 Å². The molecule has 0 unspecified atom stereocenters. The average Bonchev–Trinajstić information content (AvgIpc) is 1.37. The van der Waals surface area contributed by atoms with Crippen LogP contribution in [0.5, 0.6) is 0 Å². The minimum atomic E-state index is 0. The summed E-state index contributed by atoms with van der Waals surface area (Å²) in [6, 6.07) is 0. The SMILES string of the molecule is NCCN.[Cr+2]. The molecule has 0 heterocycles. The summed E-state index contributed by atoms with van der Waals surface area (Å²) in [4.78, 5) is 0. The molecule has 3 heteroatoms. The molecule has 0 aliphatic carbocycles. The maximum Gasteiger partial charge on any atom is 2.00 e. The van der Waals surface area contributed by atoms with Crippen molar-refractivity contribution in [2.75, 3.05) is 13.1 Å². The Morgan fingerprint density at radius 3 is 1.20 bits per heavy atom. The van der Waals surface area contributed by atoms with E-state index in [0.717, 1.165) is 0 Å². The molecule has 0 radical (unpaired) electrons. The average molecular weight is 112 g/mol. The molecule has 0 rings (SSSR count). The van der Waals surface area contributed by atoms with E-state index in [2.05, 4.69) is 0 Å².